The number of nitro groups is 1. The van der Waals surface area contributed by atoms with Crippen LogP contribution in [0.2, 0.25) is 0 Å². The van der Waals surface area contributed by atoms with E-state index < -0.39 is 5.54 Å². The lowest BCUT2D eigenvalue weighted by Crippen LogP contribution is -2.64. The standard InChI is InChI=1S/C11H14N2O2.C11H16N2/c1-11(13(14)15)8-12(9-11)7-10-5-3-2-4-6-10;1-11(12)8-13(9-11)7-10-5-3-2-4-6-10/h2-6H,7-9H2,1H3;2-6H,7-9,12H2,1H3. The molecule has 0 radical (unpaired) electrons. The molecular formula is C22H30N4O2. The first-order chi connectivity index (χ1) is 13.3. The zero-order chi connectivity index (χ0) is 20.2. The Hall–Kier alpha value is -2.28. The molecule has 2 aliphatic rings. The summed E-state index contributed by atoms with van der Waals surface area (Å²) in [5.41, 5.74) is 7.83. The number of rotatable bonds is 5. The quantitative estimate of drug-likeness (QED) is 0.636. The summed E-state index contributed by atoms with van der Waals surface area (Å²) in [7, 11) is 0. The van der Waals surface area contributed by atoms with Gasteiger partial charge in [0.1, 0.15) is 0 Å². The molecule has 0 saturated carbocycles. The molecule has 0 bridgehead atoms. The zero-order valence-electron chi connectivity index (χ0n) is 16.8. The number of hydrogen-bond donors (Lipinski definition) is 1. The summed E-state index contributed by atoms with van der Waals surface area (Å²) in [4.78, 5) is 15.0. The fourth-order valence-electron chi connectivity index (χ4n) is 3.91. The molecule has 2 aromatic rings. The van der Waals surface area contributed by atoms with Gasteiger partial charge in [-0.15, -0.1) is 0 Å². The molecule has 150 valence electrons. The third kappa shape index (κ3) is 5.38. The van der Waals surface area contributed by atoms with E-state index in [1.54, 1.807) is 6.92 Å². The van der Waals surface area contributed by atoms with Gasteiger partial charge < -0.3 is 5.73 Å². The number of nitrogens with zero attached hydrogens (tertiary/aromatic N) is 3. The average Bonchev–Trinajstić information content (AvgIpc) is 2.61. The van der Waals surface area contributed by atoms with Gasteiger partial charge in [-0.05, 0) is 18.1 Å². The first kappa shape index (κ1) is 20.5. The van der Waals surface area contributed by atoms with E-state index in [1.165, 1.54) is 11.1 Å². The van der Waals surface area contributed by atoms with E-state index in [4.69, 9.17) is 5.73 Å². The van der Waals surface area contributed by atoms with Crippen LogP contribution in [0.4, 0.5) is 0 Å². The molecule has 2 aromatic carbocycles. The molecule has 0 unspecified atom stereocenters. The Morgan fingerprint density at radius 3 is 1.61 bits per heavy atom. The Morgan fingerprint density at radius 2 is 1.25 bits per heavy atom. The number of nitrogens with two attached hydrogens (primary N) is 1. The van der Waals surface area contributed by atoms with Crippen LogP contribution in [-0.2, 0) is 13.1 Å². The predicted molar refractivity (Wildman–Crippen MR) is 111 cm³/mol. The van der Waals surface area contributed by atoms with Crippen LogP contribution in [0.1, 0.15) is 25.0 Å². The molecule has 2 saturated heterocycles. The normalized spacial score (nSPS) is 20.2. The third-order valence-corrected chi connectivity index (χ3v) is 5.24. The molecule has 28 heavy (non-hydrogen) atoms. The summed E-state index contributed by atoms with van der Waals surface area (Å²) in [5.74, 6) is 0. The summed E-state index contributed by atoms with van der Waals surface area (Å²) in [5, 5.41) is 10.7. The van der Waals surface area contributed by atoms with E-state index in [2.05, 4.69) is 41.0 Å². The van der Waals surface area contributed by atoms with E-state index >= 15 is 0 Å². The van der Waals surface area contributed by atoms with Crippen LogP contribution in [0.25, 0.3) is 0 Å². The van der Waals surface area contributed by atoms with Gasteiger partial charge in [0.25, 0.3) is 0 Å². The van der Waals surface area contributed by atoms with Crippen molar-refractivity contribution < 1.29 is 4.92 Å². The summed E-state index contributed by atoms with van der Waals surface area (Å²) >= 11 is 0. The summed E-state index contributed by atoms with van der Waals surface area (Å²) in [6.45, 7) is 8.79. The minimum Gasteiger partial charge on any atom is -0.323 e. The van der Waals surface area contributed by atoms with Crippen molar-refractivity contribution >= 4 is 0 Å². The summed E-state index contributed by atoms with van der Waals surface area (Å²) in [6.07, 6.45) is 0. The van der Waals surface area contributed by atoms with Gasteiger partial charge in [-0.3, -0.25) is 19.9 Å². The highest BCUT2D eigenvalue weighted by Gasteiger charge is 2.49. The molecular weight excluding hydrogens is 352 g/mol. The van der Waals surface area contributed by atoms with Gasteiger partial charge in [-0.2, -0.15) is 0 Å². The lowest BCUT2D eigenvalue weighted by atomic mass is 9.93. The van der Waals surface area contributed by atoms with Crippen LogP contribution >= 0.6 is 0 Å². The molecule has 0 aliphatic carbocycles. The fourth-order valence-corrected chi connectivity index (χ4v) is 3.91. The molecule has 2 N–H and O–H groups in total. The van der Waals surface area contributed by atoms with Gasteiger partial charge in [0.2, 0.25) is 5.54 Å². The second-order valence-corrected chi connectivity index (χ2v) is 8.67. The van der Waals surface area contributed by atoms with Crippen LogP contribution in [0.3, 0.4) is 0 Å². The second kappa shape index (κ2) is 8.39. The van der Waals surface area contributed by atoms with Crippen molar-refractivity contribution in [1.82, 2.24) is 9.80 Å². The van der Waals surface area contributed by atoms with E-state index in [1.807, 2.05) is 36.4 Å². The van der Waals surface area contributed by atoms with Crippen LogP contribution in [0, 0.1) is 10.1 Å². The molecule has 0 aromatic heterocycles. The number of hydrogen-bond acceptors (Lipinski definition) is 5. The first-order valence-electron chi connectivity index (χ1n) is 9.72. The van der Waals surface area contributed by atoms with Crippen molar-refractivity contribution in [2.24, 2.45) is 5.73 Å². The van der Waals surface area contributed by atoms with Gasteiger partial charge in [0.05, 0.1) is 13.1 Å². The smallest absolute Gasteiger partial charge is 0.244 e. The Morgan fingerprint density at radius 1 is 0.857 bits per heavy atom. The SMILES string of the molecule is CC1(N)CN(Cc2ccccc2)C1.CC1([N+](=O)[O-])CN(Cc2ccccc2)C1. The van der Waals surface area contributed by atoms with Crippen LogP contribution in [-0.4, -0.2) is 52.0 Å². The summed E-state index contributed by atoms with van der Waals surface area (Å²) < 4.78 is 0. The number of benzene rings is 2. The highest BCUT2D eigenvalue weighted by Crippen LogP contribution is 2.25. The van der Waals surface area contributed by atoms with Crippen molar-refractivity contribution in [3.05, 3.63) is 81.9 Å². The average molecular weight is 383 g/mol. The molecule has 2 fully saturated rings. The lowest BCUT2D eigenvalue weighted by Gasteiger charge is -2.45. The third-order valence-electron chi connectivity index (χ3n) is 5.24. The minimum atomic E-state index is -0.727. The monoisotopic (exact) mass is 382 g/mol. The Balaban J connectivity index is 0.000000162. The molecule has 2 heterocycles. The molecule has 4 rings (SSSR count). The van der Waals surface area contributed by atoms with E-state index in [9.17, 15) is 10.1 Å². The van der Waals surface area contributed by atoms with Gasteiger partial charge in [-0.25, -0.2) is 0 Å². The first-order valence-corrected chi connectivity index (χ1v) is 9.72. The van der Waals surface area contributed by atoms with Crippen molar-refractivity contribution in [3.8, 4) is 0 Å². The molecule has 0 amide bonds. The van der Waals surface area contributed by atoms with Crippen LogP contribution in [0.5, 0.6) is 0 Å². The molecule has 0 atom stereocenters. The van der Waals surface area contributed by atoms with E-state index in [0.29, 0.717) is 13.1 Å². The Bertz CT molecular complexity index is 766. The van der Waals surface area contributed by atoms with Crippen molar-refractivity contribution in [1.29, 1.82) is 0 Å². The molecule has 6 heteroatoms. The Kier molecular flexibility index (Phi) is 6.13. The van der Waals surface area contributed by atoms with Crippen molar-refractivity contribution in [3.63, 3.8) is 0 Å². The maximum absolute atomic E-state index is 10.7. The molecule has 6 nitrogen and oxygen atoms in total. The largest absolute Gasteiger partial charge is 0.323 e. The molecule has 0 spiro atoms. The number of likely N-dealkylation sites (tertiary alicyclic amines) is 2. The van der Waals surface area contributed by atoms with Crippen molar-refractivity contribution in [2.75, 3.05) is 26.2 Å². The topological polar surface area (TPSA) is 75.6 Å². The zero-order valence-corrected chi connectivity index (χ0v) is 16.8. The van der Waals surface area contributed by atoms with Crippen LogP contribution < -0.4 is 5.73 Å². The fraction of sp³-hybridized carbons (Fsp3) is 0.455. The van der Waals surface area contributed by atoms with E-state index in [0.717, 1.165) is 26.2 Å². The maximum atomic E-state index is 10.7. The van der Waals surface area contributed by atoms with Gasteiger partial charge >= 0.3 is 0 Å². The van der Waals surface area contributed by atoms with Crippen LogP contribution in [0.15, 0.2) is 60.7 Å². The van der Waals surface area contributed by atoms with Crippen molar-refractivity contribution in [2.45, 2.75) is 38.0 Å². The predicted octanol–water partition coefficient (Wildman–Crippen LogP) is 2.76. The van der Waals surface area contributed by atoms with E-state index in [-0.39, 0.29) is 10.5 Å². The van der Waals surface area contributed by atoms with Gasteiger partial charge in [0.15, 0.2) is 0 Å². The maximum Gasteiger partial charge on any atom is 0.244 e. The minimum absolute atomic E-state index is 0.0504. The van der Waals surface area contributed by atoms with Gasteiger partial charge in [0, 0.05) is 43.6 Å². The summed E-state index contributed by atoms with van der Waals surface area (Å²) in [6, 6.07) is 20.6. The molecule has 2 aliphatic heterocycles. The second-order valence-electron chi connectivity index (χ2n) is 8.67. The highest BCUT2D eigenvalue weighted by atomic mass is 16.6. The van der Waals surface area contributed by atoms with Gasteiger partial charge in [-0.1, -0.05) is 60.7 Å². The Labute approximate surface area is 167 Å². The highest BCUT2D eigenvalue weighted by molar-refractivity contribution is 5.16. The lowest BCUT2D eigenvalue weighted by molar-refractivity contribution is -0.584.